The second-order valence-electron chi connectivity index (χ2n) is 5.86. The highest BCUT2D eigenvalue weighted by Gasteiger charge is 2.33. The van der Waals surface area contributed by atoms with Gasteiger partial charge in [0.2, 0.25) is 0 Å². The lowest BCUT2D eigenvalue weighted by atomic mass is 9.84. The van der Waals surface area contributed by atoms with Gasteiger partial charge in [-0.25, -0.2) is 4.79 Å². The van der Waals surface area contributed by atoms with E-state index in [1.54, 1.807) is 24.9 Å². The minimum atomic E-state index is -0.388. The first-order valence-corrected chi connectivity index (χ1v) is 9.30. The Kier molecular flexibility index (Phi) is 5.14. The van der Waals surface area contributed by atoms with Crippen LogP contribution in [0.15, 0.2) is 22.8 Å². The minimum absolute atomic E-state index is 0.0166. The molecule has 1 N–H and O–H groups in total. The van der Waals surface area contributed by atoms with E-state index in [1.807, 2.05) is 12.1 Å². The van der Waals surface area contributed by atoms with Crippen molar-refractivity contribution in [3.8, 4) is 0 Å². The molecule has 0 unspecified atom stereocenters. The third-order valence-electron chi connectivity index (χ3n) is 4.30. The van der Waals surface area contributed by atoms with Crippen molar-refractivity contribution in [3.63, 3.8) is 0 Å². The number of fused-ring (bicyclic) bond motifs is 1. The monoisotopic (exact) mass is 347 g/mol. The highest BCUT2D eigenvalue weighted by molar-refractivity contribution is 7.99. The fourth-order valence-corrected chi connectivity index (χ4v) is 3.66. The average Bonchev–Trinajstić information content (AvgIpc) is 3.20. The predicted molar refractivity (Wildman–Crippen MR) is 92.9 cm³/mol. The first-order chi connectivity index (χ1) is 11.6. The van der Waals surface area contributed by atoms with E-state index in [-0.39, 0.29) is 17.7 Å². The molecule has 3 rings (SSSR count). The zero-order chi connectivity index (χ0) is 17.1. The van der Waals surface area contributed by atoms with E-state index in [0.29, 0.717) is 36.3 Å². The molecule has 0 amide bonds. The van der Waals surface area contributed by atoms with Crippen molar-refractivity contribution >= 4 is 23.5 Å². The number of H-pyrrole nitrogens is 1. The van der Waals surface area contributed by atoms with E-state index in [1.165, 1.54) is 0 Å². The van der Waals surface area contributed by atoms with Crippen LogP contribution in [0.3, 0.4) is 0 Å². The zero-order valence-corrected chi connectivity index (χ0v) is 14.7. The fraction of sp³-hybridized carbons (Fsp3) is 0.444. The van der Waals surface area contributed by atoms with E-state index < -0.39 is 0 Å². The molecule has 0 saturated carbocycles. The van der Waals surface area contributed by atoms with Crippen LogP contribution in [-0.2, 0) is 11.2 Å². The van der Waals surface area contributed by atoms with Gasteiger partial charge in [-0.3, -0.25) is 4.79 Å². The maximum Gasteiger partial charge on any atom is 0.355 e. The quantitative estimate of drug-likeness (QED) is 0.636. The smallest absolute Gasteiger partial charge is 0.355 e. The highest BCUT2D eigenvalue weighted by Crippen LogP contribution is 2.35. The Bertz CT molecular complexity index is 733. The number of thioether (sulfide) groups is 1. The molecule has 0 bridgehead atoms. The molecule has 5 nitrogen and oxygen atoms in total. The molecule has 1 aliphatic carbocycles. The van der Waals surface area contributed by atoms with Gasteiger partial charge in [0.25, 0.3) is 0 Å². The van der Waals surface area contributed by atoms with E-state index in [2.05, 4.69) is 11.9 Å². The van der Waals surface area contributed by atoms with Gasteiger partial charge in [-0.1, -0.05) is 6.92 Å². The largest absolute Gasteiger partial charge is 0.469 e. The van der Waals surface area contributed by atoms with Crippen LogP contribution in [0.5, 0.6) is 0 Å². The molecule has 6 heteroatoms. The number of carbonyl (C=O) groups excluding carboxylic acids is 2. The topological polar surface area (TPSA) is 72.3 Å². The molecule has 2 heterocycles. The van der Waals surface area contributed by atoms with Crippen molar-refractivity contribution in [1.29, 1.82) is 0 Å². The Hall–Kier alpha value is -1.95. The number of furan rings is 1. The normalized spacial score (nSPS) is 16.9. The summed E-state index contributed by atoms with van der Waals surface area (Å²) in [6, 6.07) is 3.71. The van der Waals surface area contributed by atoms with Crippen molar-refractivity contribution in [1.82, 2.24) is 4.98 Å². The summed E-state index contributed by atoms with van der Waals surface area (Å²) in [7, 11) is 0. The molecule has 2 aromatic rings. The highest BCUT2D eigenvalue weighted by atomic mass is 32.2. The van der Waals surface area contributed by atoms with Crippen molar-refractivity contribution in [2.45, 2.75) is 32.6 Å². The summed E-state index contributed by atoms with van der Waals surface area (Å²) in [5.74, 6) is 2.26. The number of aromatic amines is 1. The number of Topliss-reactive ketones (excluding diaryl/α,β-unsaturated/α-hetero) is 1. The maximum absolute atomic E-state index is 12.5. The van der Waals surface area contributed by atoms with E-state index in [0.717, 1.165) is 23.0 Å². The number of ether oxygens (including phenoxy) is 1. The van der Waals surface area contributed by atoms with Crippen LogP contribution >= 0.6 is 11.8 Å². The lowest BCUT2D eigenvalue weighted by Gasteiger charge is -2.19. The third-order valence-corrected chi connectivity index (χ3v) is 5.17. The molecular formula is C18H21NO4S. The number of hydrogen-bond acceptors (Lipinski definition) is 5. The molecule has 0 spiro atoms. The molecule has 0 radical (unpaired) electrons. The fourth-order valence-electron chi connectivity index (χ4n) is 3.17. The van der Waals surface area contributed by atoms with Crippen molar-refractivity contribution in [2.75, 3.05) is 18.1 Å². The van der Waals surface area contributed by atoms with Crippen LogP contribution in [0.1, 0.15) is 57.1 Å². The van der Waals surface area contributed by atoms with Crippen LogP contribution < -0.4 is 0 Å². The standard InChI is InChI=1S/C18H21NO4S/c1-3-24-8-7-23-18(21)17-11(2)16-13(19-17)9-12(10-14(16)20)15-5-4-6-22-15/h4-6,12,19H,3,7-10H2,1-2H3/t12-/m1/s1. The van der Waals surface area contributed by atoms with Gasteiger partial charge in [0.05, 0.1) is 6.26 Å². The van der Waals surface area contributed by atoms with Gasteiger partial charge < -0.3 is 14.1 Å². The molecule has 1 aliphatic rings. The maximum atomic E-state index is 12.5. The van der Waals surface area contributed by atoms with Gasteiger partial charge in [0, 0.05) is 29.3 Å². The summed E-state index contributed by atoms with van der Waals surface area (Å²) >= 11 is 1.72. The number of esters is 1. The number of ketones is 1. The van der Waals surface area contributed by atoms with E-state index in [4.69, 9.17) is 9.15 Å². The van der Waals surface area contributed by atoms with Crippen LogP contribution in [-0.4, -0.2) is 34.8 Å². The summed E-state index contributed by atoms with van der Waals surface area (Å²) in [5, 5.41) is 0. The summed E-state index contributed by atoms with van der Waals surface area (Å²) in [6.07, 6.45) is 2.68. The molecule has 1 atom stereocenters. The summed E-state index contributed by atoms with van der Waals surface area (Å²) in [6.45, 7) is 4.25. The van der Waals surface area contributed by atoms with Crippen LogP contribution in [0.4, 0.5) is 0 Å². The molecule has 0 fully saturated rings. The van der Waals surface area contributed by atoms with Gasteiger partial charge in [-0.05, 0) is 36.8 Å². The second kappa shape index (κ2) is 7.30. The second-order valence-corrected chi connectivity index (χ2v) is 7.25. The predicted octanol–water partition coefficient (Wildman–Crippen LogP) is 3.74. The number of hydrogen-bond donors (Lipinski definition) is 1. The average molecular weight is 347 g/mol. The molecule has 0 aliphatic heterocycles. The SMILES string of the molecule is CCSCCOC(=O)c1[nH]c2c(c1C)C(=O)C[C@H](c1ccco1)C2. The van der Waals surface area contributed by atoms with Crippen molar-refractivity contribution < 1.29 is 18.7 Å². The molecule has 0 saturated heterocycles. The molecule has 24 heavy (non-hydrogen) atoms. The lowest BCUT2D eigenvalue weighted by molar-refractivity contribution is 0.0523. The van der Waals surface area contributed by atoms with Crippen LogP contribution in [0.2, 0.25) is 0 Å². The first-order valence-electron chi connectivity index (χ1n) is 8.14. The number of nitrogens with one attached hydrogen (secondary N) is 1. The molecule has 128 valence electrons. The summed E-state index contributed by atoms with van der Waals surface area (Å²) in [4.78, 5) is 27.9. The lowest BCUT2D eigenvalue weighted by Crippen LogP contribution is -2.18. The van der Waals surface area contributed by atoms with Crippen LogP contribution in [0, 0.1) is 6.92 Å². The van der Waals surface area contributed by atoms with Gasteiger partial charge in [0.15, 0.2) is 5.78 Å². The molecule has 2 aromatic heterocycles. The summed E-state index contributed by atoms with van der Waals surface area (Å²) in [5.41, 5.74) is 2.55. The van der Waals surface area contributed by atoms with E-state index >= 15 is 0 Å². The van der Waals surface area contributed by atoms with Crippen molar-refractivity contribution in [2.24, 2.45) is 0 Å². The Morgan fingerprint density at radius 1 is 1.46 bits per heavy atom. The Balaban J connectivity index is 1.77. The summed E-state index contributed by atoms with van der Waals surface area (Å²) < 4.78 is 10.7. The zero-order valence-electron chi connectivity index (χ0n) is 13.9. The molecular weight excluding hydrogens is 326 g/mol. The Morgan fingerprint density at radius 3 is 3.00 bits per heavy atom. The third kappa shape index (κ3) is 3.29. The van der Waals surface area contributed by atoms with Gasteiger partial charge >= 0.3 is 5.97 Å². The van der Waals surface area contributed by atoms with E-state index in [9.17, 15) is 9.59 Å². The first kappa shape index (κ1) is 16.9. The van der Waals surface area contributed by atoms with Gasteiger partial charge in [0.1, 0.15) is 18.1 Å². The Labute approximate surface area is 145 Å². The number of aromatic nitrogens is 1. The van der Waals surface area contributed by atoms with Crippen molar-refractivity contribution in [3.05, 3.63) is 46.7 Å². The number of carbonyl (C=O) groups is 2. The minimum Gasteiger partial charge on any atom is -0.469 e. The van der Waals surface area contributed by atoms with Gasteiger partial charge in [-0.15, -0.1) is 0 Å². The van der Waals surface area contributed by atoms with Crippen LogP contribution in [0.25, 0.3) is 0 Å². The number of rotatable bonds is 6. The van der Waals surface area contributed by atoms with Gasteiger partial charge in [-0.2, -0.15) is 11.8 Å². The Morgan fingerprint density at radius 2 is 2.29 bits per heavy atom. The molecule has 0 aromatic carbocycles.